The smallest absolute Gasteiger partial charge is 0.0960 e. The van der Waals surface area contributed by atoms with Gasteiger partial charge in [0.25, 0.3) is 0 Å². The number of imidazole rings is 1. The molecule has 0 radical (unpaired) electrons. The van der Waals surface area contributed by atoms with Crippen LogP contribution >= 0.6 is 0 Å². The van der Waals surface area contributed by atoms with E-state index in [1.165, 1.54) is 11.1 Å². The van der Waals surface area contributed by atoms with E-state index in [9.17, 15) is 0 Å². The minimum Gasteiger partial charge on any atom is -0.328 e. The second-order valence-electron chi connectivity index (χ2n) is 4.51. The lowest BCUT2D eigenvalue weighted by Gasteiger charge is -2.10. The first-order chi connectivity index (χ1) is 7.63. The Morgan fingerprint density at radius 2 is 2.12 bits per heavy atom. The number of nitrogens with two attached hydrogens (primary N) is 1. The topological polar surface area (TPSA) is 43.8 Å². The predicted molar refractivity (Wildman–Crippen MR) is 67.3 cm³/mol. The quantitative estimate of drug-likeness (QED) is 0.858. The van der Waals surface area contributed by atoms with E-state index < -0.39 is 0 Å². The second-order valence-corrected chi connectivity index (χ2v) is 4.51. The molecule has 0 bridgehead atoms. The summed E-state index contributed by atoms with van der Waals surface area (Å²) in [6, 6.07) is 6.89. The van der Waals surface area contributed by atoms with Crippen molar-refractivity contribution in [3.05, 3.63) is 30.1 Å². The van der Waals surface area contributed by atoms with Crippen molar-refractivity contribution in [2.24, 2.45) is 5.73 Å². The van der Waals surface area contributed by atoms with E-state index in [-0.39, 0.29) is 6.04 Å². The van der Waals surface area contributed by atoms with Gasteiger partial charge in [-0.3, -0.25) is 0 Å². The summed E-state index contributed by atoms with van der Waals surface area (Å²) in [7, 11) is 0. The van der Waals surface area contributed by atoms with Crippen LogP contribution in [0.25, 0.3) is 11.0 Å². The largest absolute Gasteiger partial charge is 0.328 e. The zero-order valence-electron chi connectivity index (χ0n) is 10.1. The van der Waals surface area contributed by atoms with Crippen LogP contribution in [0.2, 0.25) is 0 Å². The molecule has 0 aliphatic rings. The Morgan fingerprint density at radius 3 is 2.75 bits per heavy atom. The summed E-state index contributed by atoms with van der Waals surface area (Å²) >= 11 is 0. The monoisotopic (exact) mass is 217 g/mol. The van der Waals surface area contributed by atoms with Crippen molar-refractivity contribution in [1.29, 1.82) is 0 Å². The lowest BCUT2D eigenvalue weighted by molar-refractivity contribution is 0.617. The van der Waals surface area contributed by atoms with Gasteiger partial charge in [0.1, 0.15) is 0 Å². The fourth-order valence-electron chi connectivity index (χ4n) is 1.93. The van der Waals surface area contributed by atoms with Crippen LogP contribution in [0.15, 0.2) is 24.5 Å². The van der Waals surface area contributed by atoms with Crippen LogP contribution in [0, 0.1) is 0 Å². The van der Waals surface area contributed by atoms with E-state index in [2.05, 4.69) is 48.5 Å². The number of hydrogen-bond donors (Lipinski definition) is 1. The Morgan fingerprint density at radius 1 is 1.38 bits per heavy atom. The molecule has 2 N–H and O–H groups in total. The molecule has 3 nitrogen and oxygen atoms in total. The van der Waals surface area contributed by atoms with Crippen molar-refractivity contribution in [1.82, 2.24) is 9.55 Å². The molecule has 16 heavy (non-hydrogen) atoms. The molecule has 0 aliphatic heterocycles. The van der Waals surface area contributed by atoms with Crippen LogP contribution < -0.4 is 5.73 Å². The molecule has 2 aromatic rings. The van der Waals surface area contributed by atoms with Gasteiger partial charge < -0.3 is 10.3 Å². The molecule has 1 atom stereocenters. The standard InChI is InChI=1S/C13H19N3/c1-4-11(14)10-5-6-13-12(7-10)15-8-16(13)9(2)3/h5-9,11H,4,14H2,1-3H3. The summed E-state index contributed by atoms with van der Waals surface area (Å²) in [6.07, 6.45) is 2.85. The molecule has 0 aliphatic carbocycles. The van der Waals surface area contributed by atoms with Crippen LogP contribution in [0.5, 0.6) is 0 Å². The summed E-state index contributed by atoms with van der Waals surface area (Å²) in [5.74, 6) is 0. The van der Waals surface area contributed by atoms with Crippen molar-refractivity contribution < 1.29 is 0 Å². The number of fused-ring (bicyclic) bond motifs is 1. The fraction of sp³-hybridized carbons (Fsp3) is 0.462. The molecule has 1 heterocycles. The van der Waals surface area contributed by atoms with Crippen LogP contribution in [-0.2, 0) is 0 Å². The van der Waals surface area contributed by atoms with Crippen molar-refractivity contribution >= 4 is 11.0 Å². The van der Waals surface area contributed by atoms with E-state index in [1.807, 2.05) is 6.33 Å². The first kappa shape index (κ1) is 11.1. The Kier molecular flexibility index (Phi) is 2.97. The lowest BCUT2D eigenvalue weighted by Crippen LogP contribution is -2.08. The normalized spacial score (nSPS) is 13.6. The maximum absolute atomic E-state index is 6.02. The van der Waals surface area contributed by atoms with Gasteiger partial charge in [-0.05, 0) is 38.0 Å². The van der Waals surface area contributed by atoms with Gasteiger partial charge >= 0.3 is 0 Å². The maximum Gasteiger partial charge on any atom is 0.0960 e. The van der Waals surface area contributed by atoms with E-state index in [0.29, 0.717) is 6.04 Å². The second kappa shape index (κ2) is 4.26. The van der Waals surface area contributed by atoms with Gasteiger partial charge in [-0.1, -0.05) is 13.0 Å². The van der Waals surface area contributed by atoms with Crippen LogP contribution in [0.4, 0.5) is 0 Å². The highest BCUT2D eigenvalue weighted by atomic mass is 15.1. The molecule has 0 amide bonds. The molecule has 2 rings (SSSR count). The summed E-state index contributed by atoms with van der Waals surface area (Å²) in [5.41, 5.74) is 9.41. The average Bonchev–Trinajstić information content (AvgIpc) is 2.70. The molecular formula is C13H19N3. The molecule has 0 saturated heterocycles. The third-order valence-corrected chi connectivity index (χ3v) is 3.02. The molecule has 3 heteroatoms. The number of benzene rings is 1. The maximum atomic E-state index is 6.02. The molecule has 1 unspecified atom stereocenters. The SMILES string of the molecule is CCC(N)c1ccc2c(c1)ncn2C(C)C. The minimum absolute atomic E-state index is 0.119. The molecule has 0 fully saturated rings. The van der Waals surface area contributed by atoms with E-state index in [1.54, 1.807) is 0 Å². The summed E-state index contributed by atoms with van der Waals surface area (Å²) in [4.78, 5) is 4.42. The van der Waals surface area contributed by atoms with Crippen LogP contribution in [-0.4, -0.2) is 9.55 Å². The highest BCUT2D eigenvalue weighted by molar-refractivity contribution is 5.76. The zero-order valence-corrected chi connectivity index (χ0v) is 10.1. The number of hydrogen-bond acceptors (Lipinski definition) is 2. The van der Waals surface area contributed by atoms with E-state index >= 15 is 0 Å². The summed E-state index contributed by atoms with van der Waals surface area (Å²) in [6.45, 7) is 6.42. The lowest BCUT2D eigenvalue weighted by atomic mass is 10.1. The van der Waals surface area contributed by atoms with Crippen molar-refractivity contribution in [3.63, 3.8) is 0 Å². The van der Waals surface area contributed by atoms with Gasteiger partial charge in [0.15, 0.2) is 0 Å². The van der Waals surface area contributed by atoms with Gasteiger partial charge in [0.05, 0.1) is 17.4 Å². The highest BCUT2D eigenvalue weighted by Crippen LogP contribution is 2.22. The molecule has 0 saturated carbocycles. The summed E-state index contributed by atoms with van der Waals surface area (Å²) in [5, 5.41) is 0. The van der Waals surface area contributed by atoms with Crippen molar-refractivity contribution in [2.45, 2.75) is 39.3 Å². The number of rotatable bonds is 3. The number of nitrogens with zero attached hydrogens (tertiary/aromatic N) is 2. The number of aromatic nitrogens is 2. The third-order valence-electron chi connectivity index (χ3n) is 3.02. The molecule has 0 spiro atoms. The van der Waals surface area contributed by atoms with Crippen LogP contribution in [0.1, 0.15) is 44.8 Å². The first-order valence-corrected chi connectivity index (χ1v) is 5.85. The Labute approximate surface area is 96.3 Å². The Hall–Kier alpha value is -1.35. The highest BCUT2D eigenvalue weighted by Gasteiger charge is 2.08. The fourth-order valence-corrected chi connectivity index (χ4v) is 1.93. The molecular weight excluding hydrogens is 198 g/mol. The average molecular weight is 217 g/mol. The van der Waals surface area contributed by atoms with E-state index in [0.717, 1.165) is 11.9 Å². The molecule has 1 aromatic heterocycles. The van der Waals surface area contributed by atoms with Gasteiger partial charge in [0.2, 0.25) is 0 Å². The van der Waals surface area contributed by atoms with Gasteiger partial charge in [-0.25, -0.2) is 4.98 Å². The van der Waals surface area contributed by atoms with Gasteiger partial charge in [-0.2, -0.15) is 0 Å². The van der Waals surface area contributed by atoms with Crippen molar-refractivity contribution in [3.8, 4) is 0 Å². The first-order valence-electron chi connectivity index (χ1n) is 5.85. The Balaban J connectivity index is 2.49. The molecule has 1 aromatic carbocycles. The van der Waals surface area contributed by atoms with Gasteiger partial charge in [0, 0.05) is 12.1 Å². The summed E-state index contributed by atoms with van der Waals surface area (Å²) < 4.78 is 2.18. The van der Waals surface area contributed by atoms with E-state index in [4.69, 9.17) is 5.73 Å². The Bertz CT molecular complexity index is 485. The molecule has 86 valence electrons. The minimum atomic E-state index is 0.119. The third kappa shape index (κ3) is 1.83. The zero-order chi connectivity index (χ0) is 11.7. The van der Waals surface area contributed by atoms with Crippen LogP contribution in [0.3, 0.4) is 0 Å². The predicted octanol–water partition coefficient (Wildman–Crippen LogP) is 3.03. The van der Waals surface area contributed by atoms with Crippen molar-refractivity contribution in [2.75, 3.05) is 0 Å². The van der Waals surface area contributed by atoms with Gasteiger partial charge in [-0.15, -0.1) is 0 Å².